The maximum atomic E-state index is 11.9. The Labute approximate surface area is 120 Å². The Bertz CT molecular complexity index is 787. The number of aryl methyl sites for hydroxylation is 1. The Hall–Kier alpha value is -2.94. The lowest BCUT2D eigenvalue weighted by Gasteiger charge is -2.07. The lowest BCUT2D eigenvalue weighted by Crippen LogP contribution is -2.14. The van der Waals surface area contributed by atoms with Gasteiger partial charge >= 0.3 is 0 Å². The Kier molecular flexibility index (Phi) is 4.14. The number of nitriles is 1. The first-order valence-corrected chi connectivity index (χ1v) is 6.48. The van der Waals surface area contributed by atoms with Crippen LogP contribution in [-0.4, -0.2) is 9.91 Å². The van der Waals surface area contributed by atoms with E-state index in [0.717, 1.165) is 6.42 Å². The highest BCUT2D eigenvalue weighted by Crippen LogP contribution is 2.25. The number of nitrogens with one attached hydrogen (secondary N) is 1. The number of pyridine rings is 1. The molecule has 0 amide bonds. The van der Waals surface area contributed by atoms with Gasteiger partial charge in [-0.15, -0.1) is 0 Å². The van der Waals surface area contributed by atoms with Gasteiger partial charge in [0.25, 0.3) is 11.2 Å². The number of nitro benzene ring substituents is 1. The summed E-state index contributed by atoms with van der Waals surface area (Å²) in [5.74, 6) is 0. The number of aromatic nitrogens is 1. The van der Waals surface area contributed by atoms with Crippen molar-refractivity contribution in [2.75, 3.05) is 0 Å². The molecule has 6 nitrogen and oxygen atoms in total. The Morgan fingerprint density at radius 2 is 2.14 bits per heavy atom. The van der Waals surface area contributed by atoms with Gasteiger partial charge in [-0.1, -0.05) is 25.5 Å². The van der Waals surface area contributed by atoms with Crippen molar-refractivity contribution in [3.05, 3.63) is 62.1 Å². The van der Waals surface area contributed by atoms with Crippen molar-refractivity contribution in [2.45, 2.75) is 19.8 Å². The van der Waals surface area contributed by atoms with Gasteiger partial charge in [-0.05, 0) is 18.1 Å². The fraction of sp³-hybridized carbons (Fsp3) is 0.200. The highest BCUT2D eigenvalue weighted by Gasteiger charge is 2.14. The molecule has 1 heterocycles. The third-order valence-corrected chi connectivity index (χ3v) is 3.09. The lowest BCUT2D eigenvalue weighted by molar-refractivity contribution is -0.384. The van der Waals surface area contributed by atoms with Crippen LogP contribution in [0.1, 0.15) is 24.6 Å². The zero-order valence-electron chi connectivity index (χ0n) is 11.4. The van der Waals surface area contributed by atoms with Gasteiger partial charge in [0.2, 0.25) is 0 Å². The molecule has 0 aliphatic rings. The fourth-order valence-electron chi connectivity index (χ4n) is 2.14. The molecule has 21 heavy (non-hydrogen) atoms. The molecular formula is C15H13N3O3. The summed E-state index contributed by atoms with van der Waals surface area (Å²) in [5.41, 5.74) is 1.05. The second kappa shape index (κ2) is 6.01. The molecule has 0 atom stereocenters. The second-order valence-corrected chi connectivity index (χ2v) is 4.58. The normalized spacial score (nSPS) is 10.1. The van der Waals surface area contributed by atoms with Crippen LogP contribution in [0.2, 0.25) is 0 Å². The first-order chi connectivity index (χ1) is 10.1. The summed E-state index contributed by atoms with van der Waals surface area (Å²) in [6.07, 6.45) is 1.51. The number of non-ortho nitro benzene ring substituents is 1. The first-order valence-electron chi connectivity index (χ1n) is 6.48. The number of nitro groups is 1. The molecule has 0 fully saturated rings. The monoisotopic (exact) mass is 283 g/mol. The predicted molar refractivity (Wildman–Crippen MR) is 77.9 cm³/mol. The molecule has 1 aromatic heterocycles. The van der Waals surface area contributed by atoms with Crippen molar-refractivity contribution >= 4 is 5.69 Å². The molecule has 0 spiro atoms. The van der Waals surface area contributed by atoms with Gasteiger partial charge in [0.1, 0.15) is 11.6 Å². The fourth-order valence-corrected chi connectivity index (χ4v) is 2.14. The van der Waals surface area contributed by atoms with Gasteiger partial charge in [-0.25, -0.2) is 0 Å². The van der Waals surface area contributed by atoms with Crippen molar-refractivity contribution in [1.82, 2.24) is 4.98 Å². The van der Waals surface area contributed by atoms with Crippen LogP contribution >= 0.6 is 0 Å². The Balaban J connectivity index is 2.67. The van der Waals surface area contributed by atoms with E-state index in [0.29, 0.717) is 23.2 Å². The molecule has 0 unspecified atom stereocenters. The van der Waals surface area contributed by atoms with Crippen LogP contribution in [0.25, 0.3) is 11.1 Å². The summed E-state index contributed by atoms with van der Waals surface area (Å²) in [6, 6.07) is 9.50. The summed E-state index contributed by atoms with van der Waals surface area (Å²) >= 11 is 0. The number of H-pyrrole nitrogens is 1. The molecule has 2 rings (SSSR count). The number of benzene rings is 1. The summed E-state index contributed by atoms with van der Waals surface area (Å²) < 4.78 is 0. The van der Waals surface area contributed by atoms with Crippen LogP contribution < -0.4 is 5.56 Å². The summed E-state index contributed by atoms with van der Waals surface area (Å²) in [6.45, 7) is 1.98. The third-order valence-electron chi connectivity index (χ3n) is 3.09. The summed E-state index contributed by atoms with van der Waals surface area (Å²) in [4.78, 5) is 25.0. The average Bonchev–Trinajstić information content (AvgIpc) is 2.47. The van der Waals surface area contributed by atoms with Gasteiger partial charge in [-0.2, -0.15) is 5.26 Å². The highest BCUT2D eigenvalue weighted by molar-refractivity contribution is 5.72. The van der Waals surface area contributed by atoms with Crippen LogP contribution in [0.5, 0.6) is 0 Å². The largest absolute Gasteiger partial charge is 0.325 e. The van der Waals surface area contributed by atoms with Gasteiger partial charge in [0, 0.05) is 23.4 Å². The molecule has 0 radical (unpaired) electrons. The van der Waals surface area contributed by atoms with Gasteiger partial charge in [-0.3, -0.25) is 14.9 Å². The molecule has 1 N–H and O–H groups in total. The molecule has 106 valence electrons. The van der Waals surface area contributed by atoms with Crippen LogP contribution in [-0.2, 0) is 6.42 Å². The van der Waals surface area contributed by atoms with E-state index < -0.39 is 10.5 Å². The molecular weight excluding hydrogens is 270 g/mol. The van der Waals surface area contributed by atoms with E-state index in [9.17, 15) is 14.9 Å². The number of hydrogen-bond acceptors (Lipinski definition) is 4. The highest BCUT2D eigenvalue weighted by atomic mass is 16.6. The van der Waals surface area contributed by atoms with Crippen LogP contribution in [0.15, 0.2) is 35.1 Å². The van der Waals surface area contributed by atoms with Crippen molar-refractivity contribution in [1.29, 1.82) is 5.26 Å². The van der Waals surface area contributed by atoms with E-state index in [4.69, 9.17) is 5.26 Å². The standard InChI is InChI=1S/C15H13N3O3/c1-2-4-11-8-13(14(9-16)15(19)17-11)10-5-3-6-12(7-10)18(20)21/h3,5-8H,2,4H2,1H3,(H,17,19). The summed E-state index contributed by atoms with van der Waals surface area (Å²) in [7, 11) is 0. The molecule has 0 saturated heterocycles. The minimum absolute atomic E-state index is 0.0321. The quantitative estimate of drug-likeness (QED) is 0.688. The number of hydrogen-bond donors (Lipinski definition) is 1. The smallest absolute Gasteiger partial charge is 0.270 e. The molecule has 0 saturated carbocycles. The molecule has 0 aliphatic carbocycles. The van der Waals surface area contributed by atoms with Crippen molar-refractivity contribution in [3.8, 4) is 17.2 Å². The minimum atomic E-state index is -0.504. The maximum Gasteiger partial charge on any atom is 0.270 e. The zero-order chi connectivity index (χ0) is 15.4. The van der Waals surface area contributed by atoms with Crippen LogP contribution in [0, 0.1) is 21.4 Å². The Morgan fingerprint density at radius 1 is 1.38 bits per heavy atom. The first kappa shape index (κ1) is 14.5. The van der Waals surface area contributed by atoms with Crippen molar-refractivity contribution in [3.63, 3.8) is 0 Å². The van der Waals surface area contributed by atoms with E-state index in [1.54, 1.807) is 12.1 Å². The molecule has 0 aliphatic heterocycles. The molecule has 1 aromatic carbocycles. The van der Waals surface area contributed by atoms with Gasteiger partial charge in [0.05, 0.1) is 4.92 Å². The van der Waals surface area contributed by atoms with Crippen molar-refractivity contribution in [2.24, 2.45) is 0 Å². The molecule has 2 aromatic rings. The zero-order valence-corrected chi connectivity index (χ0v) is 11.4. The van der Waals surface area contributed by atoms with E-state index in [2.05, 4.69) is 4.98 Å². The van der Waals surface area contributed by atoms with E-state index in [1.807, 2.05) is 13.0 Å². The minimum Gasteiger partial charge on any atom is -0.325 e. The molecule has 6 heteroatoms. The van der Waals surface area contributed by atoms with E-state index >= 15 is 0 Å². The van der Waals surface area contributed by atoms with Gasteiger partial charge < -0.3 is 4.98 Å². The number of rotatable bonds is 4. The third kappa shape index (κ3) is 2.98. The topological polar surface area (TPSA) is 99.8 Å². The molecule has 0 bridgehead atoms. The number of aromatic amines is 1. The van der Waals surface area contributed by atoms with Crippen LogP contribution in [0.3, 0.4) is 0 Å². The van der Waals surface area contributed by atoms with Crippen LogP contribution in [0.4, 0.5) is 5.69 Å². The Morgan fingerprint density at radius 3 is 2.76 bits per heavy atom. The SMILES string of the molecule is CCCc1cc(-c2cccc([N+](=O)[O-])c2)c(C#N)c(=O)[nH]1. The van der Waals surface area contributed by atoms with Gasteiger partial charge in [0.15, 0.2) is 0 Å². The lowest BCUT2D eigenvalue weighted by atomic mass is 9.99. The average molecular weight is 283 g/mol. The van der Waals surface area contributed by atoms with Crippen molar-refractivity contribution < 1.29 is 4.92 Å². The maximum absolute atomic E-state index is 11.9. The van der Waals surface area contributed by atoms with E-state index in [1.165, 1.54) is 18.2 Å². The van der Waals surface area contributed by atoms with E-state index in [-0.39, 0.29) is 11.3 Å². The summed E-state index contributed by atoms with van der Waals surface area (Å²) in [5, 5.41) is 20.0. The second-order valence-electron chi connectivity index (χ2n) is 4.58. The number of nitrogens with zero attached hydrogens (tertiary/aromatic N) is 2. The predicted octanol–water partition coefficient (Wildman–Crippen LogP) is 2.77.